The van der Waals surface area contributed by atoms with Crippen molar-refractivity contribution >= 4 is 5.91 Å². The fourth-order valence-corrected chi connectivity index (χ4v) is 2.53. The van der Waals surface area contributed by atoms with Crippen LogP contribution in [0.1, 0.15) is 39.1 Å². The number of imidazole rings is 1. The number of aromatic nitrogens is 2. The summed E-state index contributed by atoms with van der Waals surface area (Å²) in [7, 11) is 0. The van der Waals surface area contributed by atoms with Crippen LogP contribution in [0.5, 0.6) is 0 Å². The number of rotatable bonds is 5. The van der Waals surface area contributed by atoms with E-state index in [-0.39, 0.29) is 11.9 Å². The number of nitrogens with one attached hydrogen (secondary N) is 3. The third kappa shape index (κ3) is 3.19. The first-order valence-electron chi connectivity index (χ1n) is 7.31. The van der Waals surface area contributed by atoms with Crippen molar-refractivity contribution in [1.29, 1.82) is 0 Å². The van der Waals surface area contributed by atoms with Crippen LogP contribution in [-0.4, -0.2) is 52.5 Å². The third-order valence-corrected chi connectivity index (χ3v) is 4.03. The molecular formula is C14H25N5O. The molecule has 1 atom stereocenters. The third-order valence-electron chi connectivity index (χ3n) is 4.03. The van der Waals surface area contributed by atoms with Crippen LogP contribution in [0.2, 0.25) is 0 Å². The van der Waals surface area contributed by atoms with Crippen molar-refractivity contribution in [1.82, 2.24) is 25.5 Å². The second-order valence-electron chi connectivity index (χ2n) is 5.70. The molecule has 0 aromatic carbocycles. The van der Waals surface area contributed by atoms with E-state index in [2.05, 4.69) is 25.5 Å². The van der Waals surface area contributed by atoms with Gasteiger partial charge in [0.25, 0.3) is 0 Å². The topological polar surface area (TPSA) is 73.1 Å². The summed E-state index contributed by atoms with van der Waals surface area (Å²) < 4.78 is 0. The van der Waals surface area contributed by atoms with Gasteiger partial charge < -0.3 is 15.6 Å². The van der Waals surface area contributed by atoms with Crippen molar-refractivity contribution in [2.75, 3.05) is 26.2 Å². The largest absolute Gasteiger partial charge is 0.347 e. The van der Waals surface area contributed by atoms with E-state index in [0.717, 1.165) is 38.4 Å². The van der Waals surface area contributed by atoms with E-state index in [1.807, 2.05) is 20.8 Å². The Bertz CT molecular complexity index is 423. The van der Waals surface area contributed by atoms with Gasteiger partial charge >= 0.3 is 0 Å². The fourth-order valence-electron chi connectivity index (χ4n) is 2.53. The molecule has 2 rings (SSSR count). The minimum atomic E-state index is -0.498. The summed E-state index contributed by atoms with van der Waals surface area (Å²) in [4.78, 5) is 22.2. The molecule has 0 bridgehead atoms. The molecule has 20 heavy (non-hydrogen) atoms. The number of piperazine rings is 1. The summed E-state index contributed by atoms with van der Waals surface area (Å²) in [6.07, 6.45) is 4.31. The first kappa shape index (κ1) is 15.0. The first-order valence-corrected chi connectivity index (χ1v) is 7.31. The van der Waals surface area contributed by atoms with Crippen LogP contribution in [0.4, 0.5) is 0 Å². The number of H-pyrrole nitrogens is 1. The molecule has 1 aliphatic heterocycles. The Morgan fingerprint density at radius 1 is 1.50 bits per heavy atom. The average Bonchev–Trinajstić information content (AvgIpc) is 2.99. The molecule has 1 aromatic heterocycles. The van der Waals surface area contributed by atoms with E-state index in [0.29, 0.717) is 0 Å². The summed E-state index contributed by atoms with van der Waals surface area (Å²) in [6, 6.07) is -0.0558. The lowest BCUT2D eigenvalue weighted by Crippen LogP contribution is -2.60. The second-order valence-corrected chi connectivity index (χ2v) is 5.70. The molecule has 6 heteroatoms. The molecule has 6 nitrogen and oxygen atoms in total. The smallest absolute Gasteiger partial charge is 0.240 e. The summed E-state index contributed by atoms with van der Waals surface area (Å²) in [6.45, 7) is 9.70. The summed E-state index contributed by atoms with van der Waals surface area (Å²) in [5, 5.41) is 6.42. The van der Waals surface area contributed by atoms with Crippen molar-refractivity contribution in [2.24, 2.45) is 0 Å². The molecule has 1 unspecified atom stereocenters. The van der Waals surface area contributed by atoms with Crippen LogP contribution in [0, 0.1) is 0 Å². The number of hydrogen-bond donors (Lipinski definition) is 3. The zero-order chi connectivity index (χ0) is 14.6. The van der Waals surface area contributed by atoms with Crippen molar-refractivity contribution < 1.29 is 4.79 Å². The number of nitrogens with zero attached hydrogens (tertiary/aromatic N) is 2. The number of carbonyl (C=O) groups is 1. The average molecular weight is 279 g/mol. The quantitative estimate of drug-likeness (QED) is 0.740. The van der Waals surface area contributed by atoms with E-state index >= 15 is 0 Å². The fraction of sp³-hybridized carbons (Fsp3) is 0.714. The summed E-state index contributed by atoms with van der Waals surface area (Å²) in [5.41, 5.74) is -0.498. The van der Waals surface area contributed by atoms with Crippen LogP contribution in [0.25, 0.3) is 0 Å². The van der Waals surface area contributed by atoms with Crippen molar-refractivity contribution in [2.45, 2.75) is 38.8 Å². The summed E-state index contributed by atoms with van der Waals surface area (Å²) in [5.74, 6) is 0.875. The lowest BCUT2D eigenvalue weighted by Gasteiger charge is -2.40. The Morgan fingerprint density at radius 2 is 2.20 bits per heavy atom. The van der Waals surface area contributed by atoms with Gasteiger partial charge in [-0.2, -0.15) is 0 Å². The molecule has 0 radical (unpaired) electrons. The lowest BCUT2D eigenvalue weighted by molar-refractivity contribution is -0.133. The number of hydrogen-bond acceptors (Lipinski definition) is 4. The highest BCUT2D eigenvalue weighted by atomic mass is 16.2. The summed E-state index contributed by atoms with van der Waals surface area (Å²) >= 11 is 0. The van der Waals surface area contributed by atoms with Crippen LogP contribution >= 0.6 is 0 Å². The molecule has 1 saturated heterocycles. The molecule has 1 aliphatic rings. The Balaban J connectivity index is 2.02. The molecule has 3 N–H and O–H groups in total. The Hall–Kier alpha value is -1.40. The zero-order valence-corrected chi connectivity index (χ0v) is 12.6. The van der Waals surface area contributed by atoms with E-state index in [9.17, 15) is 4.79 Å². The molecule has 112 valence electrons. The zero-order valence-electron chi connectivity index (χ0n) is 12.6. The molecule has 1 aromatic rings. The maximum atomic E-state index is 12.6. The van der Waals surface area contributed by atoms with Crippen LogP contribution < -0.4 is 10.6 Å². The second kappa shape index (κ2) is 6.37. The van der Waals surface area contributed by atoms with E-state index in [1.165, 1.54) is 0 Å². The van der Waals surface area contributed by atoms with Crippen molar-refractivity contribution in [3.05, 3.63) is 18.2 Å². The first-order chi connectivity index (χ1) is 9.55. The van der Waals surface area contributed by atoms with E-state index < -0.39 is 5.54 Å². The number of amides is 1. The van der Waals surface area contributed by atoms with Crippen molar-refractivity contribution in [3.8, 4) is 0 Å². The van der Waals surface area contributed by atoms with Gasteiger partial charge in [0.1, 0.15) is 5.82 Å². The molecule has 1 fully saturated rings. The molecular weight excluding hydrogens is 254 g/mol. The van der Waals surface area contributed by atoms with Gasteiger partial charge in [-0.15, -0.1) is 0 Å². The van der Waals surface area contributed by atoms with Gasteiger partial charge in [0.05, 0.1) is 11.6 Å². The molecule has 0 saturated carbocycles. The lowest BCUT2D eigenvalue weighted by atomic mass is 9.99. The van der Waals surface area contributed by atoms with Gasteiger partial charge in [-0.05, 0) is 20.3 Å². The standard InChI is InChI=1S/C14H25N5O/c1-4-11(12-16-5-6-17-12)18-13(20)14(2,3)19-9-7-15-8-10-19/h5-6,11,15H,4,7-10H2,1-3H3,(H,16,17)(H,18,20). The van der Waals surface area contributed by atoms with Crippen LogP contribution in [-0.2, 0) is 4.79 Å². The van der Waals surface area contributed by atoms with Gasteiger partial charge in [-0.3, -0.25) is 9.69 Å². The predicted molar refractivity (Wildman–Crippen MR) is 78.3 cm³/mol. The van der Waals surface area contributed by atoms with Gasteiger partial charge in [0.2, 0.25) is 5.91 Å². The molecule has 2 heterocycles. The van der Waals surface area contributed by atoms with Gasteiger partial charge in [-0.1, -0.05) is 6.92 Å². The Labute approximate surface area is 120 Å². The Kier molecular flexibility index (Phi) is 4.77. The van der Waals surface area contributed by atoms with E-state index in [1.54, 1.807) is 12.4 Å². The maximum absolute atomic E-state index is 12.6. The molecule has 0 aliphatic carbocycles. The van der Waals surface area contributed by atoms with Crippen LogP contribution in [0.3, 0.4) is 0 Å². The Morgan fingerprint density at radius 3 is 2.75 bits per heavy atom. The van der Waals surface area contributed by atoms with Gasteiger partial charge in [0.15, 0.2) is 0 Å². The number of aromatic amines is 1. The van der Waals surface area contributed by atoms with Crippen molar-refractivity contribution in [3.63, 3.8) is 0 Å². The van der Waals surface area contributed by atoms with Gasteiger partial charge in [0, 0.05) is 38.6 Å². The minimum absolute atomic E-state index is 0.0558. The highest BCUT2D eigenvalue weighted by molar-refractivity contribution is 5.85. The number of carbonyl (C=O) groups excluding carboxylic acids is 1. The molecule has 0 spiro atoms. The maximum Gasteiger partial charge on any atom is 0.240 e. The predicted octanol–water partition coefficient (Wildman–Crippen LogP) is 0.661. The highest BCUT2D eigenvalue weighted by Gasteiger charge is 2.36. The highest BCUT2D eigenvalue weighted by Crippen LogP contribution is 2.19. The normalized spacial score (nSPS) is 18.8. The minimum Gasteiger partial charge on any atom is -0.347 e. The van der Waals surface area contributed by atoms with Crippen LogP contribution in [0.15, 0.2) is 12.4 Å². The van der Waals surface area contributed by atoms with Gasteiger partial charge in [-0.25, -0.2) is 4.98 Å². The SMILES string of the molecule is CCC(NC(=O)C(C)(C)N1CCNCC1)c1ncc[nH]1. The molecule has 1 amide bonds. The monoisotopic (exact) mass is 279 g/mol. The van der Waals surface area contributed by atoms with E-state index in [4.69, 9.17) is 0 Å².